The number of benzene rings is 3. The summed E-state index contributed by atoms with van der Waals surface area (Å²) in [7, 11) is 3.13. The molecule has 39 heavy (non-hydrogen) atoms. The second-order valence-corrected chi connectivity index (χ2v) is 8.71. The van der Waals surface area contributed by atoms with Crippen molar-refractivity contribution in [3.8, 4) is 45.1 Å². The zero-order chi connectivity index (χ0) is 26.8. The van der Waals surface area contributed by atoms with E-state index in [4.69, 9.17) is 14.6 Å². The smallest absolute Gasteiger partial charge is 0.284 e. The van der Waals surface area contributed by atoms with Gasteiger partial charge in [0.05, 0.1) is 25.3 Å². The first-order chi connectivity index (χ1) is 19.2. The molecule has 0 saturated carbocycles. The Hall–Kier alpha value is -5.44. The summed E-state index contributed by atoms with van der Waals surface area (Å²) < 4.78 is 11.9. The fraction of sp³-hybridized carbons (Fsp3) is 0.0667. The number of ether oxygens (including phenoxy) is 2. The van der Waals surface area contributed by atoms with Crippen LogP contribution >= 0.6 is 0 Å². The number of anilines is 2. The van der Waals surface area contributed by atoms with Crippen LogP contribution in [0.1, 0.15) is 0 Å². The molecule has 0 bridgehead atoms. The van der Waals surface area contributed by atoms with Crippen molar-refractivity contribution in [3.05, 3.63) is 107 Å². The van der Waals surface area contributed by atoms with Gasteiger partial charge in [-0.05, 0) is 29.3 Å². The highest BCUT2D eigenvalue weighted by Crippen LogP contribution is 2.36. The molecule has 0 amide bonds. The van der Waals surface area contributed by atoms with E-state index < -0.39 is 0 Å². The first-order valence-corrected chi connectivity index (χ1v) is 12.3. The van der Waals surface area contributed by atoms with Crippen LogP contribution in [0.5, 0.6) is 11.6 Å². The quantitative estimate of drug-likeness (QED) is 0.286. The molecule has 3 heterocycles. The summed E-state index contributed by atoms with van der Waals surface area (Å²) in [6, 6.07) is 30.4. The van der Waals surface area contributed by atoms with Gasteiger partial charge in [-0.1, -0.05) is 72.8 Å². The highest BCUT2D eigenvalue weighted by atomic mass is 16.5. The van der Waals surface area contributed by atoms with Crippen LogP contribution in [0.15, 0.2) is 102 Å². The number of hydrogen-bond acceptors (Lipinski definition) is 7. The molecule has 3 aromatic carbocycles. The zero-order valence-corrected chi connectivity index (χ0v) is 21.3. The number of nitrogens with one attached hydrogen (secondary N) is 2. The van der Waals surface area contributed by atoms with Crippen molar-refractivity contribution in [1.82, 2.24) is 24.8 Å². The summed E-state index contributed by atoms with van der Waals surface area (Å²) in [6.45, 7) is 0. The molecular weight excluding hydrogens is 492 g/mol. The molecule has 0 atom stereocenters. The molecule has 0 spiro atoms. The van der Waals surface area contributed by atoms with Gasteiger partial charge in [0.2, 0.25) is 5.88 Å². The topological polar surface area (TPSA) is 106 Å². The predicted molar refractivity (Wildman–Crippen MR) is 151 cm³/mol. The lowest BCUT2D eigenvalue weighted by molar-refractivity contribution is 0.392. The number of methoxy groups -OCH3 is 2. The summed E-state index contributed by atoms with van der Waals surface area (Å²) >= 11 is 0. The van der Waals surface area contributed by atoms with Gasteiger partial charge < -0.3 is 19.8 Å². The first kappa shape index (κ1) is 23.9. The van der Waals surface area contributed by atoms with Crippen LogP contribution in [-0.2, 0) is 0 Å². The molecule has 0 aliphatic heterocycles. The normalized spacial score (nSPS) is 10.9. The van der Waals surface area contributed by atoms with Crippen molar-refractivity contribution >= 4 is 17.3 Å². The minimum atomic E-state index is -0.294. The van der Waals surface area contributed by atoms with Crippen molar-refractivity contribution in [2.75, 3.05) is 19.5 Å². The standard InChI is InChI=1S/C30H24N6O3/c1-38-22-15-13-20(14-16-22)26-28(31-23-17-18-24(39-2)34-33-23)32-29-25(19-9-5-3-6-10-19)27(35-36(29)30(26)37)21-11-7-4-8-12-21/h3-18,32H,1-2H3,(H,31,33). The summed E-state index contributed by atoms with van der Waals surface area (Å²) in [5.74, 6) is 1.96. The van der Waals surface area contributed by atoms with E-state index in [-0.39, 0.29) is 5.56 Å². The van der Waals surface area contributed by atoms with Crippen LogP contribution in [0.3, 0.4) is 0 Å². The average Bonchev–Trinajstić information content (AvgIpc) is 3.38. The Morgan fingerprint density at radius 3 is 2.00 bits per heavy atom. The predicted octanol–water partition coefficient (Wildman–Crippen LogP) is 5.57. The third kappa shape index (κ3) is 4.46. The summed E-state index contributed by atoms with van der Waals surface area (Å²) in [5.41, 5.74) is 4.65. The molecule has 2 N–H and O–H groups in total. The van der Waals surface area contributed by atoms with Crippen LogP contribution in [0, 0.1) is 0 Å². The SMILES string of the molecule is COc1ccc(-c2c(Nc3ccc(OC)nn3)[nH]c3c(-c4ccccc4)c(-c4ccccc4)nn3c2=O)cc1. The molecule has 192 valence electrons. The molecule has 0 aliphatic carbocycles. The fourth-order valence-electron chi connectivity index (χ4n) is 4.49. The number of fused-ring (bicyclic) bond motifs is 1. The van der Waals surface area contributed by atoms with Gasteiger partial charge in [-0.15, -0.1) is 10.2 Å². The highest BCUT2D eigenvalue weighted by molar-refractivity contribution is 5.92. The number of nitrogens with zero attached hydrogens (tertiary/aromatic N) is 4. The second-order valence-electron chi connectivity index (χ2n) is 8.71. The van der Waals surface area contributed by atoms with Gasteiger partial charge in [-0.3, -0.25) is 4.79 Å². The molecule has 3 aromatic heterocycles. The highest BCUT2D eigenvalue weighted by Gasteiger charge is 2.23. The van der Waals surface area contributed by atoms with E-state index in [1.165, 1.54) is 11.6 Å². The Balaban J connectivity index is 1.64. The molecule has 0 unspecified atom stereocenters. The largest absolute Gasteiger partial charge is 0.497 e. The monoisotopic (exact) mass is 516 g/mol. The van der Waals surface area contributed by atoms with Gasteiger partial charge in [-0.2, -0.15) is 9.61 Å². The number of aromatic nitrogens is 5. The third-order valence-electron chi connectivity index (χ3n) is 6.38. The maximum Gasteiger partial charge on any atom is 0.284 e. The van der Waals surface area contributed by atoms with Crippen molar-refractivity contribution in [3.63, 3.8) is 0 Å². The van der Waals surface area contributed by atoms with E-state index in [9.17, 15) is 4.79 Å². The minimum Gasteiger partial charge on any atom is -0.497 e. The van der Waals surface area contributed by atoms with Crippen molar-refractivity contribution in [1.29, 1.82) is 0 Å². The summed E-state index contributed by atoms with van der Waals surface area (Å²) in [5, 5.41) is 16.3. The summed E-state index contributed by atoms with van der Waals surface area (Å²) in [4.78, 5) is 17.6. The van der Waals surface area contributed by atoms with E-state index in [1.54, 1.807) is 19.2 Å². The minimum absolute atomic E-state index is 0.294. The van der Waals surface area contributed by atoms with Gasteiger partial charge in [-0.25, -0.2) is 0 Å². The van der Waals surface area contributed by atoms with Crippen molar-refractivity contribution in [2.45, 2.75) is 0 Å². The molecule has 9 nitrogen and oxygen atoms in total. The molecule has 0 radical (unpaired) electrons. The lowest BCUT2D eigenvalue weighted by Gasteiger charge is -2.13. The molecule has 6 rings (SSSR count). The third-order valence-corrected chi connectivity index (χ3v) is 6.38. The molecule has 0 aliphatic rings. The maximum atomic E-state index is 14.2. The van der Waals surface area contributed by atoms with Gasteiger partial charge in [0.1, 0.15) is 22.9 Å². The van der Waals surface area contributed by atoms with Crippen molar-refractivity contribution in [2.24, 2.45) is 0 Å². The van der Waals surface area contributed by atoms with Gasteiger partial charge in [0.15, 0.2) is 5.82 Å². The molecule has 0 fully saturated rings. The van der Waals surface area contributed by atoms with Crippen molar-refractivity contribution < 1.29 is 9.47 Å². The lowest BCUT2D eigenvalue weighted by atomic mass is 10.0. The molecule has 0 saturated heterocycles. The zero-order valence-electron chi connectivity index (χ0n) is 21.3. The van der Waals surface area contributed by atoms with E-state index in [2.05, 4.69) is 20.5 Å². The van der Waals surface area contributed by atoms with E-state index in [0.717, 1.165) is 16.7 Å². The maximum absolute atomic E-state index is 14.2. The fourth-order valence-corrected chi connectivity index (χ4v) is 4.49. The number of H-pyrrole nitrogens is 1. The van der Waals surface area contributed by atoms with Gasteiger partial charge >= 0.3 is 0 Å². The number of rotatable bonds is 7. The summed E-state index contributed by atoms with van der Waals surface area (Å²) in [6.07, 6.45) is 0. The number of hydrogen-bond donors (Lipinski definition) is 2. The van der Waals surface area contributed by atoms with Crippen LogP contribution in [0.2, 0.25) is 0 Å². The first-order valence-electron chi connectivity index (χ1n) is 12.3. The Morgan fingerprint density at radius 1 is 0.718 bits per heavy atom. The van der Waals surface area contributed by atoms with E-state index >= 15 is 0 Å². The molecular formula is C30H24N6O3. The van der Waals surface area contributed by atoms with Gasteiger partial charge in [0, 0.05) is 11.6 Å². The average molecular weight is 517 g/mol. The van der Waals surface area contributed by atoms with E-state index in [0.29, 0.717) is 45.7 Å². The van der Waals surface area contributed by atoms with Crippen LogP contribution in [0.25, 0.3) is 39.2 Å². The van der Waals surface area contributed by atoms with E-state index in [1.807, 2.05) is 84.9 Å². The Labute approximate surface area is 223 Å². The second kappa shape index (κ2) is 10.1. The Morgan fingerprint density at radius 2 is 1.38 bits per heavy atom. The Bertz CT molecular complexity index is 1800. The number of aromatic amines is 1. The molecule has 9 heteroatoms. The van der Waals surface area contributed by atoms with Gasteiger partial charge in [0.25, 0.3) is 5.56 Å². The lowest BCUT2D eigenvalue weighted by Crippen LogP contribution is -2.20. The molecule has 6 aromatic rings. The van der Waals surface area contributed by atoms with Crippen LogP contribution in [-0.4, -0.2) is 39.0 Å². The van der Waals surface area contributed by atoms with Crippen LogP contribution in [0.4, 0.5) is 11.6 Å². The van der Waals surface area contributed by atoms with Crippen LogP contribution < -0.4 is 20.3 Å². The Kier molecular flexibility index (Phi) is 6.22.